The number of likely N-dealkylation sites (N-methyl/N-ethyl adjacent to an activating group) is 1. The molecule has 0 aromatic heterocycles. The first-order valence-corrected chi connectivity index (χ1v) is 16.3. The number of alkyl halides is 3. The molecular formula is C39H40F3N3O6. The van der Waals surface area contributed by atoms with Crippen molar-refractivity contribution in [2.45, 2.75) is 32.5 Å². The van der Waals surface area contributed by atoms with Gasteiger partial charge in [-0.15, -0.1) is 0 Å². The third kappa shape index (κ3) is 10.0. The van der Waals surface area contributed by atoms with E-state index in [0.717, 1.165) is 17.7 Å². The Balaban J connectivity index is 1.44. The van der Waals surface area contributed by atoms with Crippen LogP contribution in [0.25, 0.3) is 11.1 Å². The van der Waals surface area contributed by atoms with Crippen molar-refractivity contribution in [3.8, 4) is 11.1 Å². The Kier molecular flexibility index (Phi) is 13.1. The van der Waals surface area contributed by atoms with E-state index in [9.17, 15) is 32.3 Å². The monoisotopic (exact) mass is 703 g/mol. The molecule has 0 radical (unpaired) electrons. The quantitative estimate of drug-likeness (QED) is 0.141. The molecule has 4 rings (SSSR count). The first kappa shape index (κ1) is 38.3. The van der Waals surface area contributed by atoms with Gasteiger partial charge in [0.2, 0.25) is 5.91 Å². The summed E-state index contributed by atoms with van der Waals surface area (Å²) in [4.78, 5) is 55.5. The number of nitrogens with one attached hydrogen (secondary N) is 1. The van der Waals surface area contributed by atoms with Crippen molar-refractivity contribution in [3.63, 3.8) is 0 Å². The maximum atomic E-state index is 13.5. The number of hydrogen-bond acceptors (Lipinski definition) is 6. The van der Waals surface area contributed by atoms with E-state index in [1.165, 1.54) is 35.2 Å². The molecule has 0 aliphatic rings. The number of hydrogen-bond donors (Lipinski definition) is 1. The Hall–Kier alpha value is -5.49. The molecule has 0 aliphatic heterocycles. The highest BCUT2D eigenvalue weighted by molar-refractivity contribution is 6.11. The van der Waals surface area contributed by atoms with Crippen LogP contribution in [0.1, 0.15) is 57.2 Å². The van der Waals surface area contributed by atoms with Crippen LogP contribution in [0.4, 0.5) is 18.9 Å². The van der Waals surface area contributed by atoms with Gasteiger partial charge in [-0.25, -0.2) is 4.79 Å². The van der Waals surface area contributed by atoms with Crippen molar-refractivity contribution >= 4 is 29.4 Å². The molecule has 1 atom stereocenters. The Morgan fingerprint density at radius 1 is 0.804 bits per heavy atom. The van der Waals surface area contributed by atoms with Crippen molar-refractivity contribution in [1.29, 1.82) is 0 Å². The SMILES string of the molecule is CCN(CC)C(=O)C(COCC(=O)OCc1ccc(NC(=O)c2ccccc2-c2ccc(C(F)(F)F)cc2)c(C(=O)N(C)C)c1)c1ccccc1. The highest BCUT2D eigenvalue weighted by Crippen LogP contribution is 2.32. The van der Waals surface area contributed by atoms with Crippen LogP contribution in [0.5, 0.6) is 0 Å². The molecule has 9 nitrogen and oxygen atoms in total. The number of ether oxygens (including phenoxy) is 2. The average molecular weight is 704 g/mol. The molecule has 3 amide bonds. The van der Waals surface area contributed by atoms with Crippen LogP contribution in [-0.4, -0.2) is 73.9 Å². The van der Waals surface area contributed by atoms with Gasteiger partial charge in [0.05, 0.1) is 29.3 Å². The van der Waals surface area contributed by atoms with E-state index in [1.807, 2.05) is 44.2 Å². The standard InChI is InChI=1S/C39H40F3N3O6/c1-5-45(6-2)38(49)33(27-12-8-7-9-13-27)24-50-25-35(46)51-23-26-16-21-34(32(22-26)37(48)44(3)4)43-36(47)31-15-11-10-14-30(31)28-17-19-29(20-18-28)39(40,41)42/h7-22,33H,5-6,23-25H2,1-4H3,(H,43,47). The minimum Gasteiger partial charge on any atom is -0.459 e. The highest BCUT2D eigenvalue weighted by Gasteiger charge is 2.30. The molecule has 0 saturated carbocycles. The van der Waals surface area contributed by atoms with Gasteiger partial charge in [-0.3, -0.25) is 14.4 Å². The minimum absolute atomic E-state index is 0.0215. The summed E-state index contributed by atoms with van der Waals surface area (Å²) in [5.74, 6) is -2.38. The largest absolute Gasteiger partial charge is 0.459 e. The lowest BCUT2D eigenvalue weighted by Crippen LogP contribution is -2.36. The van der Waals surface area contributed by atoms with Crippen LogP contribution in [0.2, 0.25) is 0 Å². The van der Waals surface area contributed by atoms with E-state index in [1.54, 1.807) is 43.3 Å². The highest BCUT2D eigenvalue weighted by atomic mass is 19.4. The molecule has 0 aliphatic carbocycles. The Morgan fingerprint density at radius 3 is 2.08 bits per heavy atom. The van der Waals surface area contributed by atoms with Gasteiger partial charge in [-0.05, 0) is 66.4 Å². The number of amides is 3. The number of esters is 1. The third-order valence-electron chi connectivity index (χ3n) is 8.14. The van der Waals surface area contributed by atoms with E-state index < -0.39 is 42.0 Å². The van der Waals surface area contributed by atoms with Crippen LogP contribution in [-0.2, 0) is 31.8 Å². The Bertz CT molecular complexity index is 1820. The van der Waals surface area contributed by atoms with Crippen molar-refractivity contribution in [2.75, 3.05) is 45.7 Å². The molecule has 0 saturated heterocycles. The lowest BCUT2D eigenvalue weighted by molar-refractivity contribution is -0.151. The molecule has 12 heteroatoms. The van der Waals surface area contributed by atoms with Gasteiger partial charge in [0.25, 0.3) is 11.8 Å². The van der Waals surface area contributed by atoms with E-state index >= 15 is 0 Å². The average Bonchev–Trinajstić information content (AvgIpc) is 3.13. The molecule has 1 N–H and O–H groups in total. The summed E-state index contributed by atoms with van der Waals surface area (Å²) in [6.45, 7) is 4.25. The maximum Gasteiger partial charge on any atom is 0.416 e. The van der Waals surface area contributed by atoms with Gasteiger partial charge >= 0.3 is 12.1 Å². The molecule has 4 aromatic carbocycles. The topological polar surface area (TPSA) is 105 Å². The zero-order valence-corrected chi connectivity index (χ0v) is 28.8. The van der Waals surface area contributed by atoms with Crippen LogP contribution in [0, 0.1) is 0 Å². The minimum atomic E-state index is -4.50. The fraction of sp³-hybridized carbons (Fsp3) is 0.282. The van der Waals surface area contributed by atoms with Crippen molar-refractivity contribution in [2.24, 2.45) is 0 Å². The summed E-state index contributed by atoms with van der Waals surface area (Å²) in [5, 5.41) is 2.75. The van der Waals surface area contributed by atoms with E-state index in [4.69, 9.17) is 9.47 Å². The molecule has 0 fully saturated rings. The van der Waals surface area contributed by atoms with Gasteiger partial charge in [-0.1, -0.05) is 66.7 Å². The van der Waals surface area contributed by atoms with Gasteiger partial charge in [0.1, 0.15) is 13.2 Å². The number of nitrogens with zero attached hydrogens (tertiary/aromatic N) is 2. The van der Waals surface area contributed by atoms with Crippen molar-refractivity contribution in [1.82, 2.24) is 9.80 Å². The fourth-order valence-electron chi connectivity index (χ4n) is 5.39. The maximum absolute atomic E-state index is 13.5. The summed E-state index contributed by atoms with van der Waals surface area (Å²) in [6, 6.07) is 24.7. The van der Waals surface area contributed by atoms with Crippen molar-refractivity contribution < 1.29 is 41.8 Å². The van der Waals surface area contributed by atoms with E-state index in [0.29, 0.717) is 29.8 Å². The van der Waals surface area contributed by atoms with Crippen LogP contribution in [0.3, 0.4) is 0 Å². The summed E-state index contributed by atoms with van der Waals surface area (Å²) in [6.07, 6.45) is -4.50. The van der Waals surface area contributed by atoms with Gasteiger partial charge in [0, 0.05) is 32.7 Å². The van der Waals surface area contributed by atoms with Crippen LogP contribution >= 0.6 is 0 Å². The van der Waals surface area contributed by atoms with E-state index in [2.05, 4.69) is 5.32 Å². The molecule has 51 heavy (non-hydrogen) atoms. The lowest BCUT2D eigenvalue weighted by atomic mass is 9.98. The summed E-state index contributed by atoms with van der Waals surface area (Å²) in [5.41, 5.74) is 1.75. The number of carbonyl (C=O) groups is 4. The predicted molar refractivity (Wildman–Crippen MR) is 187 cm³/mol. The normalized spacial score (nSPS) is 11.7. The first-order valence-electron chi connectivity index (χ1n) is 16.3. The summed E-state index contributed by atoms with van der Waals surface area (Å²) in [7, 11) is 3.09. The second kappa shape index (κ2) is 17.4. The van der Waals surface area contributed by atoms with Crippen LogP contribution < -0.4 is 5.32 Å². The third-order valence-corrected chi connectivity index (χ3v) is 8.14. The Labute approximate surface area is 295 Å². The number of rotatable bonds is 14. The molecule has 0 spiro atoms. The zero-order valence-electron chi connectivity index (χ0n) is 28.8. The molecular weight excluding hydrogens is 663 g/mol. The number of benzene rings is 4. The summed E-state index contributed by atoms with van der Waals surface area (Å²) < 4.78 is 50.4. The van der Waals surface area contributed by atoms with Gasteiger partial charge < -0.3 is 24.6 Å². The molecule has 268 valence electrons. The number of halogens is 3. The second-order valence-corrected chi connectivity index (χ2v) is 11.8. The predicted octanol–water partition coefficient (Wildman–Crippen LogP) is 7.04. The number of anilines is 1. The Morgan fingerprint density at radius 2 is 1.45 bits per heavy atom. The molecule has 0 bridgehead atoms. The number of carbonyl (C=O) groups excluding carboxylic acids is 4. The van der Waals surface area contributed by atoms with Crippen molar-refractivity contribution in [3.05, 3.63) is 125 Å². The van der Waals surface area contributed by atoms with E-state index in [-0.39, 0.29) is 35.9 Å². The summed E-state index contributed by atoms with van der Waals surface area (Å²) >= 11 is 0. The smallest absolute Gasteiger partial charge is 0.416 e. The van der Waals surface area contributed by atoms with Crippen LogP contribution in [0.15, 0.2) is 97.1 Å². The molecule has 4 aromatic rings. The van der Waals surface area contributed by atoms with Gasteiger partial charge in [0.15, 0.2) is 0 Å². The first-order chi connectivity index (χ1) is 24.3. The second-order valence-electron chi connectivity index (χ2n) is 11.8. The fourth-order valence-corrected chi connectivity index (χ4v) is 5.39. The lowest BCUT2D eigenvalue weighted by Gasteiger charge is -2.25. The zero-order chi connectivity index (χ0) is 37.1. The molecule has 0 heterocycles. The molecule has 1 unspecified atom stereocenters. The van der Waals surface area contributed by atoms with Gasteiger partial charge in [-0.2, -0.15) is 13.2 Å².